The van der Waals surface area contributed by atoms with Crippen molar-refractivity contribution in [2.24, 2.45) is 11.8 Å². The minimum atomic E-state index is -3.65. The molecule has 1 N–H and O–H groups in total. The first-order valence-corrected chi connectivity index (χ1v) is 13.1. The number of fused-ring (bicyclic) bond motifs is 1. The van der Waals surface area contributed by atoms with E-state index >= 15 is 0 Å². The van der Waals surface area contributed by atoms with E-state index in [0.717, 1.165) is 36.1 Å². The van der Waals surface area contributed by atoms with Gasteiger partial charge in [0.15, 0.2) is 0 Å². The van der Waals surface area contributed by atoms with Crippen molar-refractivity contribution < 1.29 is 13.2 Å². The predicted octanol–water partition coefficient (Wildman–Crippen LogP) is 4.21. The summed E-state index contributed by atoms with van der Waals surface area (Å²) in [6, 6.07) is 14.2. The molecule has 2 aliphatic rings. The van der Waals surface area contributed by atoms with Gasteiger partial charge in [0.2, 0.25) is 10.0 Å². The van der Waals surface area contributed by atoms with Crippen LogP contribution in [0.5, 0.6) is 0 Å². The van der Waals surface area contributed by atoms with Crippen LogP contribution in [0.2, 0.25) is 0 Å². The standard InChI is InChI=1S/C25H30N4O3S/c1-17-13-18(2)16-28(15-17)33(31,32)20-8-5-7-19(14-20)25(30)29-12-6-11-23(29)24-26-21-9-3-4-10-22(21)27-24/h3-5,7-10,14,17-18,23H,6,11-13,15-16H2,1-2H3,(H,26,27)/t17-,18+,23-/m1/s1. The van der Waals surface area contributed by atoms with Crippen LogP contribution in [0.25, 0.3) is 11.0 Å². The summed E-state index contributed by atoms with van der Waals surface area (Å²) < 4.78 is 28.3. The van der Waals surface area contributed by atoms with Gasteiger partial charge in [-0.25, -0.2) is 13.4 Å². The van der Waals surface area contributed by atoms with Crippen molar-refractivity contribution in [1.29, 1.82) is 0 Å². The molecule has 2 fully saturated rings. The minimum absolute atomic E-state index is 0.144. The average Bonchev–Trinajstić information content (AvgIpc) is 3.45. The fourth-order valence-electron chi connectivity index (χ4n) is 5.33. The minimum Gasteiger partial charge on any atom is -0.340 e. The Morgan fingerprint density at radius 3 is 2.58 bits per heavy atom. The lowest BCUT2D eigenvalue weighted by Gasteiger charge is -2.34. The molecular formula is C25H30N4O3S. The molecule has 5 rings (SSSR count). The Bertz CT molecular complexity index is 1240. The SMILES string of the molecule is C[C@@H]1C[C@H](C)CN(S(=O)(=O)c2cccc(C(=O)N3CCC[C@@H]3c3nc4ccccc4[nH]3)c2)C1. The van der Waals surface area contributed by atoms with Gasteiger partial charge in [0.1, 0.15) is 5.82 Å². The van der Waals surface area contributed by atoms with Gasteiger partial charge >= 0.3 is 0 Å². The summed E-state index contributed by atoms with van der Waals surface area (Å²) in [6.07, 6.45) is 2.74. The topological polar surface area (TPSA) is 86.4 Å². The number of imidazole rings is 1. The molecule has 3 heterocycles. The molecule has 3 atom stereocenters. The number of benzene rings is 2. The highest BCUT2D eigenvalue weighted by atomic mass is 32.2. The van der Waals surface area contributed by atoms with Crippen molar-refractivity contribution >= 4 is 27.0 Å². The van der Waals surface area contributed by atoms with Crippen LogP contribution in [0.15, 0.2) is 53.4 Å². The third-order valence-electron chi connectivity index (χ3n) is 6.79. The number of piperidine rings is 1. The lowest BCUT2D eigenvalue weighted by atomic mass is 9.94. The fourth-order valence-corrected chi connectivity index (χ4v) is 7.06. The van der Waals surface area contributed by atoms with Crippen LogP contribution in [0.4, 0.5) is 0 Å². The third-order valence-corrected chi connectivity index (χ3v) is 8.62. The highest BCUT2D eigenvalue weighted by Gasteiger charge is 2.35. The molecule has 0 radical (unpaired) electrons. The molecule has 0 spiro atoms. The Hall–Kier alpha value is -2.71. The Kier molecular flexibility index (Phi) is 5.74. The maximum Gasteiger partial charge on any atom is 0.254 e. The van der Waals surface area contributed by atoms with Crippen LogP contribution < -0.4 is 0 Å². The quantitative estimate of drug-likeness (QED) is 0.624. The van der Waals surface area contributed by atoms with Crippen LogP contribution in [-0.4, -0.2) is 53.1 Å². The number of hydrogen-bond acceptors (Lipinski definition) is 4. The largest absolute Gasteiger partial charge is 0.340 e. The van der Waals surface area contributed by atoms with Gasteiger partial charge in [-0.15, -0.1) is 0 Å². The number of aromatic nitrogens is 2. The molecule has 174 valence electrons. The number of hydrogen-bond donors (Lipinski definition) is 1. The van der Waals surface area contributed by atoms with Gasteiger partial charge in [0, 0.05) is 25.2 Å². The molecular weight excluding hydrogens is 436 g/mol. The van der Waals surface area contributed by atoms with Crippen LogP contribution in [0.3, 0.4) is 0 Å². The van der Waals surface area contributed by atoms with E-state index in [9.17, 15) is 13.2 Å². The van der Waals surface area contributed by atoms with Gasteiger partial charge in [0.05, 0.1) is 22.0 Å². The number of amides is 1. The Morgan fingerprint density at radius 1 is 1.06 bits per heavy atom. The van der Waals surface area contributed by atoms with Crippen molar-refractivity contribution in [2.75, 3.05) is 19.6 Å². The smallest absolute Gasteiger partial charge is 0.254 e. The van der Waals surface area contributed by atoms with Crippen LogP contribution >= 0.6 is 0 Å². The number of carbonyl (C=O) groups excluding carboxylic acids is 1. The molecule has 8 heteroatoms. The van der Waals surface area contributed by atoms with E-state index in [4.69, 9.17) is 4.98 Å². The second-order valence-corrected chi connectivity index (χ2v) is 11.5. The average molecular weight is 467 g/mol. The second kappa shape index (κ2) is 8.57. The summed E-state index contributed by atoms with van der Waals surface area (Å²) in [7, 11) is -3.65. The highest BCUT2D eigenvalue weighted by molar-refractivity contribution is 7.89. The van der Waals surface area contributed by atoms with Gasteiger partial charge in [-0.05, 0) is 61.4 Å². The molecule has 0 saturated carbocycles. The lowest BCUT2D eigenvalue weighted by molar-refractivity contribution is 0.0730. The summed E-state index contributed by atoms with van der Waals surface area (Å²) in [5.41, 5.74) is 2.23. The first-order chi connectivity index (χ1) is 15.8. The zero-order valence-electron chi connectivity index (χ0n) is 19.1. The number of H-pyrrole nitrogens is 1. The zero-order valence-corrected chi connectivity index (χ0v) is 19.9. The molecule has 1 aromatic heterocycles. The van der Waals surface area contributed by atoms with E-state index in [0.29, 0.717) is 37.0 Å². The normalized spacial score (nSPS) is 24.4. The molecule has 3 aromatic rings. The number of sulfonamides is 1. The molecule has 0 unspecified atom stereocenters. The Morgan fingerprint density at radius 2 is 1.82 bits per heavy atom. The number of rotatable bonds is 4. The van der Waals surface area contributed by atoms with Gasteiger partial charge in [-0.2, -0.15) is 4.31 Å². The summed E-state index contributed by atoms with van der Waals surface area (Å²) in [5, 5.41) is 0. The van der Waals surface area contributed by atoms with E-state index < -0.39 is 10.0 Å². The number of para-hydroxylation sites is 2. The number of nitrogens with one attached hydrogen (secondary N) is 1. The summed E-state index contributed by atoms with van der Waals surface area (Å²) >= 11 is 0. The van der Waals surface area contributed by atoms with E-state index in [1.807, 2.05) is 29.2 Å². The highest BCUT2D eigenvalue weighted by Crippen LogP contribution is 2.33. The monoisotopic (exact) mass is 466 g/mol. The molecule has 2 aliphatic heterocycles. The van der Waals surface area contributed by atoms with E-state index in [-0.39, 0.29) is 16.8 Å². The maximum atomic E-state index is 13.5. The lowest BCUT2D eigenvalue weighted by Crippen LogP contribution is -2.42. The molecule has 33 heavy (non-hydrogen) atoms. The number of carbonyl (C=O) groups is 1. The van der Waals surface area contributed by atoms with E-state index in [1.165, 1.54) is 6.07 Å². The van der Waals surface area contributed by atoms with Crippen molar-refractivity contribution in [3.63, 3.8) is 0 Å². The molecule has 0 bridgehead atoms. The molecule has 1 amide bonds. The second-order valence-electron chi connectivity index (χ2n) is 9.59. The Labute approximate surface area is 194 Å². The maximum absolute atomic E-state index is 13.5. The van der Waals surface area contributed by atoms with Crippen LogP contribution in [0, 0.1) is 11.8 Å². The number of aromatic amines is 1. The fraction of sp³-hybridized carbons (Fsp3) is 0.440. The van der Waals surface area contributed by atoms with Crippen LogP contribution in [0.1, 0.15) is 55.3 Å². The van der Waals surface area contributed by atoms with Crippen molar-refractivity contribution in [3.8, 4) is 0 Å². The number of likely N-dealkylation sites (tertiary alicyclic amines) is 1. The summed E-state index contributed by atoms with van der Waals surface area (Å²) in [5.74, 6) is 1.27. The van der Waals surface area contributed by atoms with Crippen molar-refractivity contribution in [3.05, 3.63) is 59.9 Å². The first kappa shape index (κ1) is 22.1. The molecule has 2 aromatic carbocycles. The van der Waals surface area contributed by atoms with Gasteiger partial charge in [-0.3, -0.25) is 4.79 Å². The number of nitrogens with zero attached hydrogens (tertiary/aromatic N) is 3. The summed E-state index contributed by atoms with van der Waals surface area (Å²) in [6.45, 7) is 5.84. The van der Waals surface area contributed by atoms with E-state index in [2.05, 4.69) is 18.8 Å². The van der Waals surface area contributed by atoms with E-state index in [1.54, 1.807) is 22.5 Å². The molecule has 0 aliphatic carbocycles. The van der Waals surface area contributed by atoms with Crippen molar-refractivity contribution in [2.45, 2.75) is 44.0 Å². The zero-order chi connectivity index (χ0) is 23.2. The summed E-state index contributed by atoms with van der Waals surface area (Å²) in [4.78, 5) is 23.5. The van der Waals surface area contributed by atoms with Gasteiger partial charge < -0.3 is 9.88 Å². The Balaban J connectivity index is 1.41. The predicted molar refractivity (Wildman–Crippen MR) is 127 cm³/mol. The van der Waals surface area contributed by atoms with Gasteiger partial charge in [-0.1, -0.05) is 32.0 Å². The van der Waals surface area contributed by atoms with Crippen LogP contribution in [-0.2, 0) is 10.0 Å². The van der Waals surface area contributed by atoms with Crippen molar-refractivity contribution in [1.82, 2.24) is 19.2 Å². The van der Waals surface area contributed by atoms with Gasteiger partial charge in [0.25, 0.3) is 5.91 Å². The first-order valence-electron chi connectivity index (χ1n) is 11.7. The molecule has 7 nitrogen and oxygen atoms in total. The third kappa shape index (κ3) is 4.17. The molecule has 2 saturated heterocycles.